The summed E-state index contributed by atoms with van der Waals surface area (Å²) < 4.78 is 16.1. The van der Waals surface area contributed by atoms with Crippen LogP contribution in [0.5, 0.6) is 5.75 Å². The number of hydrogen-bond acceptors (Lipinski definition) is 4. The standard InChI is InChI=1S/C15H18Cl2O4/c1-9-12(16)5-6-13(14(9)17)21-10(2)15(18)20-8-11-4-3-7-19-11/h5-6,10-11H,3-4,7-8H2,1-2H3. The van der Waals surface area contributed by atoms with E-state index >= 15 is 0 Å². The van der Waals surface area contributed by atoms with Crippen LogP contribution in [-0.2, 0) is 14.3 Å². The molecule has 1 saturated heterocycles. The maximum atomic E-state index is 11.9. The highest BCUT2D eigenvalue weighted by Gasteiger charge is 2.22. The number of carbonyl (C=O) groups excluding carboxylic acids is 1. The fourth-order valence-electron chi connectivity index (χ4n) is 2.03. The molecule has 0 saturated carbocycles. The highest BCUT2D eigenvalue weighted by atomic mass is 35.5. The molecule has 116 valence electrons. The van der Waals surface area contributed by atoms with Gasteiger partial charge in [0, 0.05) is 11.6 Å². The lowest BCUT2D eigenvalue weighted by molar-refractivity contribution is -0.154. The van der Waals surface area contributed by atoms with Crippen LogP contribution < -0.4 is 4.74 Å². The molecule has 0 radical (unpaired) electrons. The van der Waals surface area contributed by atoms with Crippen LogP contribution in [0.15, 0.2) is 12.1 Å². The first-order chi connectivity index (χ1) is 9.99. The minimum atomic E-state index is -0.746. The van der Waals surface area contributed by atoms with Crippen LogP contribution in [0.3, 0.4) is 0 Å². The fraction of sp³-hybridized carbons (Fsp3) is 0.533. The fourth-order valence-corrected chi connectivity index (χ4v) is 2.45. The zero-order valence-electron chi connectivity index (χ0n) is 12.0. The normalized spacial score (nSPS) is 19.3. The molecule has 0 N–H and O–H groups in total. The lowest BCUT2D eigenvalue weighted by Gasteiger charge is -2.17. The average Bonchev–Trinajstić information content (AvgIpc) is 2.98. The van der Waals surface area contributed by atoms with Crippen LogP contribution in [-0.4, -0.2) is 31.4 Å². The quantitative estimate of drug-likeness (QED) is 0.769. The lowest BCUT2D eigenvalue weighted by Crippen LogP contribution is -2.29. The van der Waals surface area contributed by atoms with Crippen molar-refractivity contribution >= 4 is 29.2 Å². The van der Waals surface area contributed by atoms with Gasteiger partial charge in [-0.25, -0.2) is 4.79 Å². The molecule has 2 rings (SSSR count). The van der Waals surface area contributed by atoms with Gasteiger partial charge in [-0.1, -0.05) is 23.2 Å². The monoisotopic (exact) mass is 332 g/mol. The van der Waals surface area contributed by atoms with E-state index in [-0.39, 0.29) is 12.7 Å². The maximum Gasteiger partial charge on any atom is 0.347 e. The molecule has 1 aliphatic rings. The predicted molar refractivity (Wildman–Crippen MR) is 81.2 cm³/mol. The molecule has 2 atom stereocenters. The van der Waals surface area contributed by atoms with Crippen molar-refractivity contribution in [1.82, 2.24) is 0 Å². The topological polar surface area (TPSA) is 44.8 Å². The largest absolute Gasteiger partial charge is 0.477 e. The third kappa shape index (κ3) is 4.25. The van der Waals surface area contributed by atoms with Crippen molar-refractivity contribution in [2.45, 2.75) is 38.9 Å². The summed E-state index contributed by atoms with van der Waals surface area (Å²) in [5.74, 6) is -0.0192. The Morgan fingerprint density at radius 1 is 1.48 bits per heavy atom. The molecule has 4 nitrogen and oxygen atoms in total. The molecule has 0 aromatic heterocycles. The molecule has 1 fully saturated rings. The number of carbonyl (C=O) groups is 1. The van der Waals surface area contributed by atoms with E-state index in [1.807, 2.05) is 0 Å². The first-order valence-electron chi connectivity index (χ1n) is 6.88. The minimum Gasteiger partial charge on any atom is -0.477 e. The van der Waals surface area contributed by atoms with Gasteiger partial charge >= 0.3 is 5.97 Å². The molecule has 21 heavy (non-hydrogen) atoms. The highest BCUT2D eigenvalue weighted by molar-refractivity contribution is 6.36. The van der Waals surface area contributed by atoms with E-state index in [2.05, 4.69) is 0 Å². The molecule has 0 amide bonds. The van der Waals surface area contributed by atoms with Crippen LogP contribution in [0, 0.1) is 6.92 Å². The van der Waals surface area contributed by atoms with Crippen LogP contribution in [0.1, 0.15) is 25.3 Å². The van der Waals surface area contributed by atoms with E-state index in [0.29, 0.717) is 15.8 Å². The summed E-state index contributed by atoms with van der Waals surface area (Å²) >= 11 is 12.1. The molecular weight excluding hydrogens is 315 g/mol. The number of ether oxygens (including phenoxy) is 3. The average molecular weight is 333 g/mol. The Morgan fingerprint density at radius 3 is 2.90 bits per heavy atom. The second-order valence-corrected chi connectivity index (χ2v) is 5.79. The van der Waals surface area contributed by atoms with Crippen LogP contribution in [0.4, 0.5) is 0 Å². The molecule has 1 aromatic rings. The van der Waals surface area contributed by atoms with E-state index in [9.17, 15) is 4.79 Å². The van der Waals surface area contributed by atoms with Gasteiger partial charge in [0.1, 0.15) is 12.4 Å². The van der Waals surface area contributed by atoms with Gasteiger partial charge in [0.05, 0.1) is 11.1 Å². The van der Waals surface area contributed by atoms with E-state index in [4.69, 9.17) is 37.4 Å². The molecule has 6 heteroatoms. The summed E-state index contributed by atoms with van der Waals surface area (Å²) in [6.45, 7) is 4.41. The molecule has 1 aliphatic heterocycles. The van der Waals surface area contributed by atoms with Crippen molar-refractivity contribution in [3.05, 3.63) is 27.7 Å². The summed E-state index contributed by atoms with van der Waals surface area (Å²) in [6.07, 6.45) is 1.19. The van der Waals surface area contributed by atoms with Gasteiger partial charge in [0.25, 0.3) is 0 Å². The van der Waals surface area contributed by atoms with Gasteiger partial charge in [-0.05, 0) is 44.4 Å². The minimum absolute atomic E-state index is 0.00233. The molecule has 1 aromatic carbocycles. The van der Waals surface area contributed by atoms with Crippen LogP contribution >= 0.6 is 23.2 Å². The van der Waals surface area contributed by atoms with Gasteiger partial charge in [0.15, 0.2) is 6.10 Å². The molecule has 0 spiro atoms. The van der Waals surface area contributed by atoms with Crippen LogP contribution in [0.25, 0.3) is 0 Å². The van der Waals surface area contributed by atoms with Crippen LogP contribution in [0.2, 0.25) is 10.0 Å². The predicted octanol–water partition coefficient (Wildman–Crippen LogP) is 3.79. The van der Waals surface area contributed by atoms with Crippen molar-refractivity contribution in [2.75, 3.05) is 13.2 Å². The van der Waals surface area contributed by atoms with Crippen molar-refractivity contribution in [3.8, 4) is 5.75 Å². The summed E-state index contributed by atoms with van der Waals surface area (Å²) in [7, 11) is 0. The third-order valence-electron chi connectivity index (χ3n) is 3.36. The molecule has 2 unspecified atom stereocenters. The summed E-state index contributed by atoms with van der Waals surface area (Å²) in [6, 6.07) is 3.32. The van der Waals surface area contributed by atoms with Gasteiger partial charge in [-0.2, -0.15) is 0 Å². The van der Waals surface area contributed by atoms with E-state index in [1.165, 1.54) is 0 Å². The number of benzene rings is 1. The lowest BCUT2D eigenvalue weighted by atomic mass is 10.2. The first-order valence-corrected chi connectivity index (χ1v) is 7.64. The maximum absolute atomic E-state index is 11.9. The van der Waals surface area contributed by atoms with Gasteiger partial charge in [-0.3, -0.25) is 0 Å². The Morgan fingerprint density at radius 2 is 2.24 bits per heavy atom. The smallest absolute Gasteiger partial charge is 0.347 e. The van der Waals surface area contributed by atoms with Crippen molar-refractivity contribution < 1.29 is 19.0 Å². The van der Waals surface area contributed by atoms with Gasteiger partial charge < -0.3 is 14.2 Å². The molecule has 1 heterocycles. The Hall–Kier alpha value is -0.970. The van der Waals surface area contributed by atoms with Crippen molar-refractivity contribution in [2.24, 2.45) is 0 Å². The van der Waals surface area contributed by atoms with Crippen molar-refractivity contribution in [1.29, 1.82) is 0 Å². The third-order valence-corrected chi connectivity index (χ3v) is 4.24. The zero-order chi connectivity index (χ0) is 15.4. The second-order valence-electron chi connectivity index (χ2n) is 5.01. The summed E-state index contributed by atoms with van der Waals surface area (Å²) in [5, 5.41) is 0.960. The first kappa shape index (κ1) is 16.4. The number of hydrogen-bond donors (Lipinski definition) is 0. The molecule has 0 aliphatic carbocycles. The molecule has 0 bridgehead atoms. The second kappa shape index (κ2) is 7.34. The number of rotatable bonds is 5. The Labute approximate surface area is 134 Å². The van der Waals surface area contributed by atoms with Gasteiger partial charge in [0.2, 0.25) is 0 Å². The number of esters is 1. The Balaban J connectivity index is 1.89. The zero-order valence-corrected chi connectivity index (χ0v) is 13.5. The Bertz CT molecular complexity index is 513. The summed E-state index contributed by atoms with van der Waals surface area (Å²) in [5.41, 5.74) is 0.718. The molecular formula is C15H18Cl2O4. The Kier molecular flexibility index (Phi) is 5.73. The SMILES string of the molecule is Cc1c(Cl)ccc(OC(C)C(=O)OCC2CCCO2)c1Cl. The summed E-state index contributed by atoms with van der Waals surface area (Å²) in [4.78, 5) is 11.9. The van der Waals surface area contributed by atoms with E-state index in [0.717, 1.165) is 25.0 Å². The number of halogens is 2. The van der Waals surface area contributed by atoms with Gasteiger partial charge in [-0.15, -0.1) is 0 Å². The van der Waals surface area contributed by atoms with E-state index in [1.54, 1.807) is 26.0 Å². The van der Waals surface area contributed by atoms with E-state index < -0.39 is 12.1 Å². The van der Waals surface area contributed by atoms with Crippen molar-refractivity contribution in [3.63, 3.8) is 0 Å². The highest BCUT2D eigenvalue weighted by Crippen LogP contribution is 2.33.